The molecule has 0 saturated carbocycles. The second-order valence-electron chi connectivity index (χ2n) is 5.84. The van der Waals surface area contributed by atoms with Gasteiger partial charge in [0.05, 0.1) is 5.56 Å². The maximum Gasteiger partial charge on any atom is 0.344 e. The Morgan fingerprint density at radius 2 is 2.00 bits per heavy atom. The average molecular weight is 343 g/mol. The third kappa shape index (κ3) is 3.16. The highest BCUT2D eigenvalue weighted by atomic mass is 32.1. The minimum Gasteiger partial charge on any atom is -0.322 e. The van der Waals surface area contributed by atoms with Crippen LogP contribution in [0.15, 0.2) is 47.2 Å². The molecule has 1 aliphatic rings. The molecule has 3 rings (SSSR count). The van der Waals surface area contributed by atoms with Gasteiger partial charge in [-0.3, -0.25) is 15.0 Å². The van der Waals surface area contributed by atoms with Gasteiger partial charge in [-0.2, -0.15) is 16.3 Å². The molecule has 6 nitrogen and oxygen atoms in total. The lowest BCUT2D eigenvalue weighted by atomic mass is 9.93. The van der Waals surface area contributed by atoms with E-state index in [0.717, 1.165) is 10.6 Å². The van der Waals surface area contributed by atoms with Gasteiger partial charge in [-0.25, -0.2) is 4.79 Å². The molecule has 1 aromatic carbocycles. The predicted octanol–water partition coefficient (Wildman–Crippen LogP) is 2.34. The van der Waals surface area contributed by atoms with Gasteiger partial charge in [0.1, 0.15) is 5.54 Å². The van der Waals surface area contributed by atoms with Crippen molar-refractivity contribution in [2.45, 2.75) is 25.3 Å². The topological polar surface area (TPSA) is 78.5 Å². The van der Waals surface area contributed by atoms with Crippen molar-refractivity contribution in [1.29, 1.82) is 0 Å². The Balaban J connectivity index is 1.67. The molecule has 1 fully saturated rings. The van der Waals surface area contributed by atoms with Gasteiger partial charge in [0.25, 0.3) is 11.8 Å². The minimum atomic E-state index is -1.03. The van der Waals surface area contributed by atoms with Crippen molar-refractivity contribution >= 4 is 29.2 Å². The first-order chi connectivity index (χ1) is 11.5. The highest BCUT2D eigenvalue weighted by molar-refractivity contribution is 7.08. The molecule has 0 bridgehead atoms. The van der Waals surface area contributed by atoms with E-state index in [1.807, 2.05) is 30.3 Å². The van der Waals surface area contributed by atoms with Crippen LogP contribution in [0.25, 0.3) is 0 Å². The number of hydrogen-bond acceptors (Lipinski definition) is 4. The molecule has 24 heavy (non-hydrogen) atoms. The lowest BCUT2D eigenvalue weighted by molar-refractivity contribution is -0.132. The van der Waals surface area contributed by atoms with Gasteiger partial charge < -0.3 is 5.32 Å². The number of carbonyl (C=O) groups excluding carboxylic acids is 3. The Morgan fingerprint density at radius 1 is 1.25 bits per heavy atom. The molecule has 1 saturated heterocycles. The summed E-state index contributed by atoms with van der Waals surface area (Å²) in [5.74, 6) is -0.931. The van der Waals surface area contributed by atoms with E-state index in [-0.39, 0.29) is 0 Å². The summed E-state index contributed by atoms with van der Waals surface area (Å²) in [5, 5.41) is 6.86. The zero-order valence-corrected chi connectivity index (χ0v) is 13.9. The Labute approximate surface area is 143 Å². The van der Waals surface area contributed by atoms with Crippen molar-refractivity contribution in [2.75, 3.05) is 0 Å². The number of aryl methyl sites for hydroxylation is 1. The molecule has 4 amide bonds. The van der Waals surface area contributed by atoms with Crippen molar-refractivity contribution in [3.05, 3.63) is 58.3 Å². The van der Waals surface area contributed by atoms with Crippen LogP contribution in [0, 0.1) is 0 Å². The highest BCUT2D eigenvalue weighted by Gasteiger charge is 2.48. The summed E-state index contributed by atoms with van der Waals surface area (Å²) < 4.78 is 0. The van der Waals surface area contributed by atoms with Crippen LogP contribution in [0.5, 0.6) is 0 Å². The van der Waals surface area contributed by atoms with Crippen LogP contribution in [0.2, 0.25) is 0 Å². The summed E-state index contributed by atoms with van der Waals surface area (Å²) in [4.78, 5) is 36.8. The summed E-state index contributed by atoms with van der Waals surface area (Å²) in [6.07, 6.45) is 1.10. The van der Waals surface area contributed by atoms with Gasteiger partial charge in [0.15, 0.2) is 0 Å². The van der Waals surface area contributed by atoms with Gasteiger partial charge in [-0.05, 0) is 36.8 Å². The zero-order valence-electron chi connectivity index (χ0n) is 13.1. The minimum absolute atomic E-state index is 0.415. The number of thiophene rings is 1. The van der Waals surface area contributed by atoms with Crippen molar-refractivity contribution in [2.24, 2.45) is 0 Å². The van der Waals surface area contributed by atoms with E-state index < -0.39 is 23.4 Å². The third-order valence-electron chi connectivity index (χ3n) is 4.01. The number of benzene rings is 1. The largest absolute Gasteiger partial charge is 0.344 e. The smallest absolute Gasteiger partial charge is 0.322 e. The maximum absolute atomic E-state index is 12.6. The van der Waals surface area contributed by atoms with E-state index >= 15 is 0 Å². The van der Waals surface area contributed by atoms with Crippen LogP contribution in [0.4, 0.5) is 4.79 Å². The molecule has 0 spiro atoms. The quantitative estimate of drug-likeness (QED) is 0.818. The second kappa shape index (κ2) is 6.45. The molecule has 0 radical (unpaired) electrons. The molecular formula is C17H17N3O3S. The predicted molar refractivity (Wildman–Crippen MR) is 90.3 cm³/mol. The van der Waals surface area contributed by atoms with Gasteiger partial charge >= 0.3 is 6.03 Å². The Morgan fingerprint density at radius 3 is 2.67 bits per heavy atom. The van der Waals surface area contributed by atoms with Crippen molar-refractivity contribution in [3.8, 4) is 0 Å². The molecule has 1 aromatic heterocycles. The van der Waals surface area contributed by atoms with Gasteiger partial charge in [0.2, 0.25) is 0 Å². The summed E-state index contributed by atoms with van der Waals surface area (Å²) in [6.45, 7) is 1.67. The van der Waals surface area contributed by atoms with Crippen LogP contribution < -0.4 is 10.7 Å². The number of hydrazine groups is 1. The maximum atomic E-state index is 12.6. The lowest BCUT2D eigenvalue weighted by Gasteiger charge is -2.21. The molecule has 2 N–H and O–H groups in total. The number of imide groups is 1. The van der Waals surface area contributed by atoms with E-state index in [1.54, 1.807) is 23.8 Å². The van der Waals surface area contributed by atoms with E-state index in [9.17, 15) is 14.4 Å². The first kappa shape index (κ1) is 16.2. The number of nitrogens with one attached hydrogen (secondary N) is 2. The molecular weight excluding hydrogens is 326 g/mol. The van der Waals surface area contributed by atoms with Crippen LogP contribution in [-0.2, 0) is 11.2 Å². The number of amides is 4. The van der Waals surface area contributed by atoms with Crippen molar-refractivity contribution in [3.63, 3.8) is 0 Å². The molecule has 2 heterocycles. The number of nitrogens with zero attached hydrogens (tertiary/aromatic N) is 1. The Hall–Kier alpha value is -2.67. The zero-order chi connectivity index (χ0) is 17.2. The Kier molecular flexibility index (Phi) is 4.35. The number of urea groups is 1. The first-order valence-electron chi connectivity index (χ1n) is 7.53. The standard InChI is InChI=1S/C17H17N3O3S/c1-17(9-7-12-5-3-2-4-6-12)15(22)20(16(23)18-17)19-14(21)13-8-10-24-11-13/h2-6,8,10-11H,7,9H2,1H3,(H,18,23)(H,19,21)/t17-/m1/s1. The first-order valence-corrected chi connectivity index (χ1v) is 8.48. The summed E-state index contributed by atoms with van der Waals surface area (Å²) in [5.41, 5.74) is 2.84. The third-order valence-corrected chi connectivity index (χ3v) is 4.70. The van der Waals surface area contributed by atoms with Gasteiger partial charge in [0, 0.05) is 5.38 Å². The number of rotatable bonds is 5. The van der Waals surface area contributed by atoms with Crippen molar-refractivity contribution in [1.82, 2.24) is 15.8 Å². The van der Waals surface area contributed by atoms with E-state index in [1.165, 1.54) is 11.3 Å². The van der Waals surface area contributed by atoms with Gasteiger partial charge in [-0.15, -0.1) is 0 Å². The molecule has 1 aliphatic heterocycles. The summed E-state index contributed by atoms with van der Waals surface area (Å²) >= 11 is 1.37. The van der Waals surface area contributed by atoms with Crippen LogP contribution >= 0.6 is 11.3 Å². The molecule has 7 heteroatoms. The van der Waals surface area contributed by atoms with Crippen molar-refractivity contribution < 1.29 is 14.4 Å². The lowest BCUT2D eigenvalue weighted by Crippen LogP contribution is -2.48. The fraction of sp³-hybridized carbons (Fsp3) is 0.235. The van der Waals surface area contributed by atoms with Crippen LogP contribution in [-0.4, -0.2) is 28.4 Å². The normalized spacial score (nSPS) is 20.1. The second-order valence-corrected chi connectivity index (χ2v) is 6.62. The summed E-state index contributed by atoms with van der Waals surface area (Å²) in [7, 11) is 0. The number of hydrogen-bond donors (Lipinski definition) is 2. The van der Waals surface area contributed by atoms with E-state index in [4.69, 9.17) is 0 Å². The SMILES string of the molecule is C[C@]1(CCc2ccccc2)NC(=O)N(NC(=O)c2ccsc2)C1=O. The molecule has 1 atom stereocenters. The summed E-state index contributed by atoms with van der Waals surface area (Å²) in [6, 6.07) is 10.8. The monoisotopic (exact) mass is 343 g/mol. The van der Waals surface area contributed by atoms with Crippen LogP contribution in [0.1, 0.15) is 29.3 Å². The highest BCUT2D eigenvalue weighted by Crippen LogP contribution is 2.22. The van der Waals surface area contributed by atoms with Gasteiger partial charge in [-0.1, -0.05) is 30.3 Å². The number of carbonyl (C=O) groups is 3. The molecule has 124 valence electrons. The fourth-order valence-electron chi connectivity index (χ4n) is 2.55. The van der Waals surface area contributed by atoms with E-state index in [0.29, 0.717) is 18.4 Å². The fourth-order valence-corrected chi connectivity index (χ4v) is 3.19. The molecule has 0 unspecified atom stereocenters. The van der Waals surface area contributed by atoms with E-state index in [2.05, 4.69) is 10.7 Å². The molecule has 2 aromatic rings. The Bertz CT molecular complexity index is 761. The molecule has 0 aliphatic carbocycles. The average Bonchev–Trinajstić information content (AvgIpc) is 3.18. The van der Waals surface area contributed by atoms with Crippen LogP contribution in [0.3, 0.4) is 0 Å².